The number of amides is 1. The van der Waals surface area contributed by atoms with Crippen molar-refractivity contribution in [2.24, 2.45) is 0 Å². The molecule has 0 bridgehead atoms. The number of thiocarbonyl (C=S) groups is 1. The molecule has 7 heteroatoms. The molecule has 1 aromatic rings. The summed E-state index contributed by atoms with van der Waals surface area (Å²) in [4.78, 5) is 16.5. The normalized spacial score (nSPS) is 14.7. The summed E-state index contributed by atoms with van der Waals surface area (Å²) < 4.78 is 0. The van der Waals surface area contributed by atoms with E-state index in [0.29, 0.717) is 23.7 Å². The molecule has 2 rings (SSSR count). The second kappa shape index (κ2) is 9.35. The number of hydrogen-bond acceptors (Lipinski definition) is 3. The van der Waals surface area contributed by atoms with Gasteiger partial charge in [0.15, 0.2) is 5.11 Å². The molecule has 126 valence electrons. The lowest BCUT2D eigenvalue weighted by Gasteiger charge is -2.36. The van der Waals surface area contributed by atoms with Crippen LogP contribution in [0.25, 0.3) is 0 Å². The molecule has 1 saturated heterocycles. The van der Waals surface area contributed by atoms with E-state index >= 15 is 0 Å². The summed E-state index contributed by atoms with van der Waals surface area (Å²) in [5.41, 5.74) is 0.570. The first-order chi connectivity index (χ1) is 11.1. The monoisotopic (exact) mass is 371 g/mol. The molecular weight excluding hydrogens is 350 g/mol. The summed E-state index contributed by atoms with van der Waals surface area (Å²) >= 11 is 13.4. The summed E-state index contributed by atoms with van der Waals surface area (Å²) in [6.07, 6.45) is 3.21. The standard InChI is InChI=1S/C16H22ClN3OS2/c1-23-12-4-7-18-16(22)20-10-8-19(9-11-20)15(21)13-5-2-3-6-14(13)17/h2-3,5-6H,4,7-12H2,1H3,(H,18,22). The van der Waals surface area contributed by atoms with Crippen LogP contribution in [0.4, 0.5) is 0 Å². The van der Waals surface area contributed by atoms with E-state index in [1.807, 2.05) is 28.8 Å². The van der Waals surface area contributed by atoms with Crippen LogP contribution in [0.5, 0.6) is 0 Å². The average Bonchev–Trinajstić information content (AvgIpc) is 2.58. The van der Waals surface area contributed by atoms with Crippen molar-refractivity contribution in [1.29, 1.82) is 0 Å². The van der Waals surface area contributed by atoms with Gasteiger partial charge >= 0.3 is 0 Å². The largest absolute Gasteiger partial charge is 0.363 e. The van der Waals surface area contributed by atoms with Gasteiger partial charge in [0, 0.05) is 32.7 Å². The predicted molar refractivity (Wildman–Crippen MR) is 103 cm³/mol. The Bertz CT molecular complexity index is 548. The fraction of sp³-hybridized carbons (Fsp3) is 0.500. The summed E-state index contributed by atoms with van der Waals surface area (Å²) in [5.74, 6) is 1.13. The third kappa shape index (κ3) is 5.26. The highest BCUT2D eigenvalue weighted by molar-refractivity contribution is 7.98. The Morgan fingerprint density at radius 2 is 1.91 bits per heavy atom. The first-order valence-corrected chi connectivity index (χ1v) is 9.87. The third-order valence-electron chi connectivity index (χ3n) is 3.76. The van der Waals surface area contributed by atoms with Crippen LogP contribution in [0.2, 0.25) is 5.02 Å². The highest BCUT2D eigenvalue weighted by Gasteiger charge is 2.24. The molecule has 0 saturated carbocycles. The van der Waals surface area contributed by atoms with Gasteiger partial charge in [0.1, 0.15) is 0 Å². The molecule has 0 unspecified atom stereocenters. The lowest BCUT2D eigenvalue weighted by molar-refractivity contribution is 0.0691. The van der Waals surface area contributed by atoms with Crippen molar-refractivity contribution in [3.63, 3.8) is 0 Å². The van der Waals surface area contributed by atoms with Gasteiger partial charge in [-0.2, -0.15) is 11.8 Å². The van der Waals surface area contributed by atoms with Crippen LogP contribution >= 0.6 is 35.6 Å². The molecule has 1 N–H and O–H groups in total. The fourth-order valence-corrected chi connectivity index (χ4v) is 3.38. The Morgan fingerprint density at radius 3 is 2.57 bits per heavy atom. The number of nitrogens with zero attached hydrogens (tertiary/aromatic N) is 2. The molecule has 4 nitrogen and oxygen atoms in total. The minimum Gasteiger partial charge on any atom is -0.363 e. The average molecular weight is 372 g/mol. The minimum absolute atomic E-state index is 0.00546. The van der Waals surface area contributed by atoms with Crippen LogP contribution in [0, 0.1) is 0 Å². The van der Waals surface area contributed by atoms with Crippen molar-refractivity contribution in [2.75, 3.05) is 44.7 Å². The number of halogens is 1. The van der Waals surface area contributed by atoms with Crippen molar-refractivity contribution >= 4 is 46.6 Å². The summed E-state index contributed by atoms with van der Waals surface area (Å²) in [6, 6.07) is 7.19. The van der Waals surface area contributed by atoms with Crippen molar-refractivity contribution in [3.8, 4) is 0 Å². The first-order valence-electron chi connectivity index (χ1n) is 7.69. The minimum atomic E-state index is -0.00546. The van der Waals surface area contributed by atoms with Gasteiger partial charge in [-0.15, -0.1) is 0 Å². The highest BCUT2D eigenvalue weighted by atomic mass is 35.5. The second-order valence-corrected chi connectivity index (χ2v) is 7.12. The maximum Gasteiger partial charge on any atom is 0.255 e. The van der Waals surface area contributed by atoms with E-state index in [9.17, 15) is 4.79 Å². The molecule has 0 spiro atoms. The van der Waals surface area contributed by atoms with E-state index in [1.165, 1.54) is 0 Å². The number of carbonyl (C=O) groups is 1. The zero-order chi connectivity index (χ0) is 16.7. The van der Waals surface area contributed by atoms with Crippen LogP contribution in [0.3, 0.4) is 0 Å². The van der Waals surface area contributed by atoms with Gasteiger partial charge in [0.2, 0.25) is 0 Å². The Kier molecular flexibility index (Phi) is 7.46. The van der Waals surface area contributed by atoms with Crippen LogP contribution < -0.4 is 5.32 Å². The van der Waals surface area contributed by atoms with Crippen LogP contribution in [0.1, 0.15) is 16.8 Å². The zero-order valence-corrected chi connectivity index (χ0v) is 15.6. The molecule has 1 aromatic carbocycles. The molecule has 0 atom stereocenters. The number of piperazine rings is 1. The van der Waals surface area contributed by atoms with Gasteiger partial charge in [-0.3, -0.25) is 4.79 Å². The molecule has 1 heterocycles. The maximum atomic E-state index is 12.5. The summed E-state index contributed by atoms with van der Waals surface area (Å²) in [5, 5.41) is 4.58. The topological polar surface area (TPSA) is 35.6 Å². The van der Waals surface area contributed by atoms with Gasteiger partial charge < -0.3 is 15.1 Å². The molecule has 1 amide bonds. The Balaban J connectivity index is 1.80. The number of hydrogen-bond donors (Lipinski definition) is 1. The van der Waals surface area contributed by atoms with Crippen LogP contribution in [0.15, 0.2) is 24.3 Å². The fourth-order valence-electron chi connectivity index (χ4n) is 2.44. The highest BCUT2D eigenvalue weighted by Crippen LogP contribution is 2.18. The lowest BCUT2D eigenvalue weighted by Crippen LogP contribution is -2.53. The lowest BCUT2D eigenvalue weighted by atomic mass is 10.2. The van der Waals surface area contributed by atoms with Crippen LogP contribution in [-0.4, -0.2) is 65.6 Å². The maximum absolute atomic E-state index is 12.5. The zero-order valence-electron chi connectivity index (χ0n) is 13.3. The van der Waals surface area contributed by atoms with E-state index in [2.05, 4.69) is 16.5 Å². The Morgan fingerprint density at radius 1 is 1.26 bits per heavy atom. The second-order valence-electron chi connectivity index (χ2n) is 5.34. The number of carbonyl (C=O) groups excluding carboxylic acids is 1. The molecular formula is C16H22ClN3OS2. The van der Waals surface area contributed by atoms with Crippen molar-refractivity contribution < 1.29 is 4.79 Å². The van der Waals surface area contributed by atoms with E-state index < -0.39 is 0 Å². The molecule has 0 aliphatic carbocycles. The number of nitrogens with one attached hydrogen (secondary N) is 1. The molecule has 1 fully saturated rings. The van der Waals surface area contributed by atoms with Crippen molar-refractivity contribution in [2.45, 2.75) is 6.42 Å². The van der Waals surface area contributed by atoms with E-state index in [0.717, 1.165) is 36.9 Å². The van der Waals surface area contributed by atoms with E-state index in [4.69, 9.17) is 23.8 Å². The van der Waals surface area contributed by atoms with Gasteiger partial charge in [0.05, 0.1) is 10.6 Å². The Labute approximate surface area is 152 Å². The van der Waals surface area contributed by atoms with Gasteiger partial charge in [-0.25, -0.2) is 0 Å². The first kappa shape index (κ1) is 18.4. The predicted octanol–water partition coefficient (Wildman–Crippen LogP) is 2.73. The molecule has 1 aliphatic rings. The molecule has 23 heavy (non-hydrogen) atoms. The smallest absolute Gasteiger partial charge is 0.255 e. The van der Waals surface area contributed by atoms with Crippen LogP contribution in [-0.2, 0) is 0 Å². The van der Waals surface area contributed by atoms with Gasteiger partial charge in [-0.05, 0) is 42.8 Å². The molecule has 0 radical (unpaired) electrons. The number of thioether (sulfide) groups is 1. The van der Waals surface area contributed by atoms with Crippen molar-refractivity contribution in [3.05, 3.63) is 34.9 Å². The summed E-state index contributed by atoms with van der Waals surface area (Å²) in [6.45, 7) is 3.74. The number of rotatable bonds is 5. The van der Waals surface area contributed by atoms with Crippen molar-refractivity contribution in [1.82, 2.24) is 15.1 Å². The third-order valence-corrected chi connectivity index (χ3v) is 5.19. The van der Waals surface area contributed by atoms with E-state index in [1.54, 1.807) is 12.1 Å². The van der Waals surface area contributed by atoms with E-state index in [-0.39, 0.29) is 5.91 Å². The van der Waals surface area contributed by atoms with Gasteiger partial charge in [-0.1, -0.05) is 23.7 Å². The molecule has 0 aromatic heterocycles. The quantitative estimate of drug-likeness (QED) is 0.636. The number of benzene rings is 1. The SMILES string of the molecule is CSCCCNC(=S)N1CCN(C(=O)c2ccccc2Cl)CC1. The Hall–Kier alpha value is -0.980. The van der Waals surface area contributed by atoms with Gasteiger partial charge in [0.25, 0.3) is 5.91 Å². The molecule has 1 aliphatic heterocycles. The summed E-state index contributed by atoms with van der Waals surface area (Å²) in [7, 11) is 0.